The molecule has 0 aliphatic heterocycles. The first kappa shape index (κ1) is 12.1. The Morgan fingerprint density at radius 1 is 1.35 bits per heavy atom. The number of hydrogen-bond acceptors (Lipinski definition) is 3. The van der Waals surface area contributed by atoms with E-state index in [1.54, 1.807) is 0 Å². The Balaban J connectivity index is 2.63. The highest BCUT2D eigenvalue weighted by Gasteiger charge is 2.12. The van der Waals surface area contributed by atoms with Gasteiger partial charge in [-0.1, -0.05) is 6.07 Å². The maximum Gasteiger partial charge on any atom is 0.151 e. The minimum atomic E-state index is -3.02. The monoisotopic (exact) mass is 252 g/mol. The molecule has 17 heavy (non-hydrogen) atoms. The van der Waals surface area contributed by atoms with E-state index in [0.29, 0.717) is 6.54 Å². The highest BCUT2D eigenvalue weighted by atomic mass is 32.2. The number of rotatable bonds is 3. The average Bonchev–Trinajstić information content (AvgIpc) is 2.53. The summed E-state index contributed by atoms with van der Waals surface area (Å²) in [5.41, 5.74) is 8.47. The van der Waals surface area contributed by atoms with Crippen LogP contribution in [0, 0.1) is 0 Å². The van der Waals surface area contributed by atoms with E-state index >= 15 is 0 Å². The Kier molecular flexibility index (Phi) is 2.97. The minimum absolute atomic E-state index is 0.0678. The van der Waals surface area contributed by atoms with Gasteiger partial charge in [-0.25, -0.2) is 8.42 Å². The Bertz CT molecular complexity index is 656. The van der Waals surface area contributed by atoms with Crippen molar-refractivity contribution in [2.75, 3.05) is 6.26 Å². The fourth-order valence-corrected chi connectivity index (χ4v) is 2.84. The van der Waals surface area contributed by atoms with Gasteiger partial charge in [-0.15, -0.1) is 0 Å². The van der Waals surface area contributed by atoms with Crippen LogP contribution < -0.4 is 5.73 Å². The Labute approximate surface area is 101 Å². The van der Waals surface area contributed by atoms with Crippen LogP contribution in [0.2, 0.25) is 0 Å². The fourth-order valence-electron chi connectivity index (χ4n) is 2.05. The maximum atomic E-state index is 11.4. The van der Waals surface area contributed by atoms with E-state index < -0.39 is 9.84 Å². The van der Waals surface area contributed by atoms with Crippen LogP contribution in [0.5, 0.6) is 0 Å². The van der Waals surface area contributed by atoms with Gasteiger partial charge in [0.05, 0.1) is 5.75 Å². The van der Waals surface area contributed by atoms with Gasteiger partial charge in [0.1, 0.15) is 0 Å². The summed E-state index contributed by atoms with van der Waals surface area (Å²) in [6.45, 7) is 0.461. The largest absolute Gasteiger partial charge is 0.350 e. The van der Waals surface area contributed by atoms with Crippen LogP contribution in [0.15, 0.2) is 24.4 Å². The summed E-state index contributed by atoms with van der Waals surface area (Å²) >= 11 is 0. The highest BCUT2D eigenvalue weighted by molar-refractivity contribution is 7.89. The van der Waals surface area contributed by atoms with Crippen LogP contribution in [-0.4, -0.2) is 19.2 Å². The van der Waals surface area contributed by atoms with Crippen molar-refractivity contribution in [3.8, 4) is 0 Å². The first-order chi connectivity index (χ1) is 7.90. The summed E-state index contributed by atoms with van der Waals surface area (Å²) in [6.07, 6.45) is 3.12. The quantitative estimate of drug-likeness (QED) is 0.892. The van der Waals surface area contributed by atoms with Crippen LogP contribution in [0.4, 0.5) is 0 Å². The second kappa shape index (κ2) is 4.16. The van der Waals surface area contributed by atoms with Gasteiger partial charge in [0.15, 0.2) is 9.84 Å². The Morgan fingerprint density at radius 2 is 2.06 bits per heavy atom. The smallest absolute Gasteiger partial charge is 0.151 e. The molecule has 0 spiro atoms. The summed E-state index contributed by atoms with van der Waals surface area (Å²) in [7, 11) is -1.11. The minimum Gasteiger partial charge on any atom is -0.350 e. The predicted molar refractivity (Wildman–Crippen MR) is 69.4 cm³/mol. The molecular formula is C12H16N2O2S. The van der Waals surface area contributed by atoms with E-state index in [2.05, 4.69) is 0 Å². The van der Waals surface area contributed by atoms with Crippen LogP contribution in [0.3, 0.4) is 0 Å². The van der Waals surface area contributed by atoms with Gasteiger partial charge in [-0.3, -0.25) is 0 Å². The number of hydrogen-bond donors (Lipinski definition) is 1. The lowest BCUT2D eigenvalue weighted by Crippen LogP contribution is -2.00. The van der Waals surface area contributed by atoms with E-state index in [0.717, 1.165) is 22.0 Å². The van der Waals surface area contributed by atoms with Gasteiger partial charge in [-0.05, 0) is 23.3 Å². The molecule has 0 radical (unpaired) electrons. The highest BCUT2D eigenvalue weighted by Crippen LogP contribution is 2.23. The molecule has 1 heterocycles. The first-order valence-corrected chi connectivity index (χ1v) is 7.41. The first-order valence-electron chi connectivity index (χ1n) is 5.35. The molecule has 0 saturated carbocycles. The Hall–Kier alpha value is -1.33. The molecule has 0 unspecified atom stereocenters. The number of aryl methyl sites for hydroxylation is 1. The fraction of sp³-hybridized carbons (Fsp3) is 0.333. The molecule has 0 bridgehead atoms. The molecule has 2 N–H and O–H groups in total. The van der Waals surface area contributed by atoms with Crippen LogP contribution >= 0.6 is 0 Å². The molecule has 1 aromatic carbocycles. The molecular weight excluding hydrogens is 236 g/mol. The zero-order valence-electron chi connectivity index (χ0n) is 9.97. The second-order valence-electron chi connectivity index (χ2n) is 4.39. The van der Waals surface area contributed by atoms with Crippen LogP contribution in [0.25, 0.3) is 10.9 Å². The summed E-state index contributed by atoms with van der Waals surface area (Å²) in [5.74, 6) is 0.0678. The third-order valence-corrected chi connectivity index (χ3v) is 3.63. The lowest BCUT2D eigenvalue weighted by molar-refractivity contribution is 0.601. The molecule has 2 aromatic rings. The van der Waals surface area contributed by atoms with Gasteiger partial charge < -0.3 is 10.3 Å². The molecule has 0 amide bonds. The number of nitrogens with zero attached hydrogens (tertiary/aromatic N) is 1. The van der Waals surface area contributed by atoms with Crippen molar-refractivity contribution in [3.63, 3.8) is 0 Å². The van der Waals surface area contributed by atoms with Gasteiger partial charge >= 0.3 is 0 Å². The topological polar surface area (TPSA) is 65.1 Å². The molecule has 0 atom stereocenters. The lowest BCUT2D eigenvalue weighted by atomic mass is 10.1. The van der Waals surface area contributed by atoms with Crippen molar-refractivity contribution in [1.82, 2.24) is 4.57 Å². The molecule has 1 aromatic heterocycles. The SMILES string of the molecule is Cn1cc(CS(C)(=O)=O)c2cc(CN)ccc21. The van der Waals surface area contributed by atoms with Crippen molar-refractivity contribution in [3.05, 3.63) is 35.5 Å². The van der Waals surface area contributed by atoms with Crippen molar-refractivity contribution in [2.24, 2.45) is 12.8 Å². The molecule has 0 fully saturated rings. The number of fused-ring (bicyclic) bond motifs is 1. The van der Waals surface area contributed by atoms with Gasteiger partial charge in [0, 0.05) is 36.9 Å². The Morgan fingerprint density at radius 3 is 2.65 bits per heavy atom. The van der Waals surface area contributed by atoms with Crippen molar-refractivity contribution in [2.45, 2.75) is 12.3 Å². The van der Waals surface area contributed by atoms with Crippen molar-refractivity contribution < 1.29 is 8.42 Å². The number of nitrogens with two attached hydrogens (primary N) is 1. The van der Waals surface area contributed by atoms with Gasteiger partial charge in [0.25, 0.3) is 0 Å². The van der Waals surface area contributed by atoms with Gasteiger partial charge in [-0.2, -0.15) is 0 Å². The van der Waals surface area contributed by atoms with E-state index in [1.807, 2.05) is 36.0 Å². The van der Waals surface area contributed by atoms with E-state index in [9.17, 15) is 8.42 Å². The molecule has 0 aliphatic rings. The standard InChI is InChI=1S/C12H16N2O2S/c1-14-7-10(8-17(2,15)16)11-5-9(6-13)3-4-12(11)14/h3-5,7H,6,8,13H2,1-2H3. The van der Waals surface area contributed by atoms with Crippen LogP contribution in [-0.2, 0) is 29.2 Å². The summed E-state index contributed by atoms with van der Waals surface area (Å²) in [6, 6.07) is 5.91. The van der Waals surface area contributed by atoms with Crippen LogP contribution in [0.1, 0.15) is 11.1 Å². The summed E-state index contributed by atoms with van der Waals surface area (Å²) in [4.78, 5) is 0. The third-order valence-electron chi connectivity index (χ3n) is 2.79. The van der Waals surface area contributed by atoms with Crippen molar-refractivity contribution >= 4 is 20.7 Å². The average molecular weight is 252 g/mol. The molecule has 92 valence electrons. The normalized spacial score (nSPS) is 12.2. The number of benzene rings is 1. The maximum absolute atomic E-state index is 11.4. The zero-order chi connectivity index (χ0) is 12.6. The molecule has 0 aliphatic carbocycles. The molecule has 5 heteroatoms. The van der Waals surface area contributed by atoms with Crippen molar-refractivity contribution in [1.29, 1.82) is 0 Å². The number of sulfone groups is 1. The molecule has 4 nitrogen and oxygen atoms in total. The molecule has 0 saturated heterocycles. The van der Waals surface area contributed by atoms with E-state index in [1.165, 1.54) is 6.26 Å². The zero-order valence-corrected chi connectivity index (χ0v) is 10.8. The van der Waals surface area contributed by atoms with Gasteiger partial charge in [0.2, 0.25) is 0 Å². The summed E-state index contributed by atoms with van der Waals surface area (Å²) in [5, 5.41) is 0.973. The predicted octanol–water partition coefficient (Wildman–Crippen LogP) is 1.18. The number of aromatic nitrogens is 1. The second-order valence-corrected chi connectivity index (χ2v) is 6.53. The summed E-state index contributed by atoms with van der Waals surface area (Å²) < 4.78 is 24.7. The van der Waals surface area contributed by atoms with E-state index in [4.69, 9.17) is 5.73 Å². The molecule has 2 rings (SSSR count). The van der Waals surface area contributed by atoms with E-state index in [-0.39, 0.29) is 5.75 Å². The lowest BCUT2D eigenvalue weighted by Gasteiger charge is -2.00. The third kappa shape index (κ3) is 2.50.